The van der Waals surface area contributed by atoms with Crippen LogP contribution in [0, 0.1) is 0 Å². The van der Waals surface area contributed by atoms with Crippen molar-refractivity contribution in [3.05, 3.63) is 64.7 Å². The summed E-state index contributed by atoms with van der Waals surface area (Å²) in [5, 5.41) is 3.39. The third-order valence-corrected chi connectivity index (χ3v) is 4.81. The standard InChI is InChI=1S/C18H18ClNO2S/c1-12(21)15-5-9-17(10-6-15)20-18(22)13(2)23-11-14-3-7-16(19)8-4-14/h3-10,13H,11H2,1-2H3,(H,20,22)/t13-/m1/s1. The van der Waals surface area contributed by atoms with Gasteiger partial charge < -0.3 is 5.32 Å². The summed E-state index contributed by atoms with van der Waals surface area (Å²) < 4.78 is 0. The van der Waals surface area contributed by atoms with Crippen molar-refractivity contribution in [3.8, 4) is 0 Å². The van der Waals surface area contributed by atoms with Crippen molar-refractivity contribution in [1.82, 2.24) is 0 Å². The number of carbonyl (C=O) groups is 2. The smallest absolute Gasteiger partial charge is 0.237 e. The lowest BCUT2D eigenvalue weighted by Crippen LogP contribution is -2.22. The van der Waals surface area contributed by atoms with Gasteiger partial charge in [0.25, 0.3) is 0 Å². The van der Waals surface area contributed by atoms with E-state index in [1.54, 1.807) is 36.0 Å². The van der Waals surface area contributed by atoms with Gasteiger partial charge in [-0.1, -0.05) is 23.7 Å². The van der Waals surface area contributed by atoms with E-state index in [1.807, 2.05) is 31.2 Å². The Bertz CT molecular complexity index is 683. The fourth-order valence-electron chi connectivity index (χ4n) is 1.91. The first-order valence-electron chi connectivity index (χ1n) is 7.23. The molecule has 0 spiro atoms. The van der Waals surface area contributed by atoms with Gasteiger partial charge >= 0.3 is 0 Å². The zero-order chi connectivity index (χ0) is 16.8. The maximum atomic E-state index is 12.2. The van der Waals surface area contributed by atoms with Crippen LogP contribution in [-0.4, -0.2) is 16.9 Å². The van der Waals surface area contributed by atoms with Crippen LogP contribution in [-0.2, 0) is 10.5 Å². The molecule has 0 radical (unpaired) electrons. The zero-order valence-corrected chi connectivity index (χ0v) is 14.6. The van der Waals surface area contributed by atoms with E-state index in [4.69, 9.17) is 11.6 Å². The maximum Gasteiger partial charge on any atom is 0.237 e. The van der Waals surface area contributed by atoms with E-state index in [-0.39, 0.29) is 16.9 Å². The Morgan fingerprint density at radius 1 is 1.09 bits per heavy atom. The molecule has 0 saturated heterocycles. The molecule has 1 atom stereocenters. The molecule has 0 saturated carbocycles. The van der Waals surface area contributed by atoms with Crippen LogP contribution in [0.3, 0.4) is 0 Å². The number of thioether (sulfide) groups is 1. The highest BCUT2D eigenvalue weighted by molar-refractivity contribution is 7.99. The average Bonchev–Trinajstić information content (AvgIpc) is 2.54. The fourth-order valence-corrected chi connectivity index (χ4v) is 2.88. The molecule has 23 heavy (non-hydrogen) atoms. The third-order valence-electron chi connectivity index (χ3n) is 3.34. The second-order valence-electron chi connectivity index (χ2n) is 5.20. The van der Waals surface area contributed by atoms with Crippen molar-refractivity contribution < 1.29 is 9.59 Å². The molecule has 0 aromatic heterocycles. The predicted octanol–water partition coefficient (Wildman–Crippen LogP) is 4.80. The van der Waals surface area contributed by atoms with Gasteiger partial charge in [-0.2, -0.15) is 0 Å². The molecule has 0 bridgehead atoms. The summed E-state index contributed by atoms with van der Waals surface area (Å²) in [7, 11) is 0. The minimum absolute atomic E-state index is 0.00904. The van der Waals surface area contributed by atoms with Crippen molar-refractivity contribution in [2.24, 2.45) is 0 Å². The summed E-state index contributed by atoms with van der Waals surface area (Å²) in [5.74, 6) is 0.698. The van der Waals surface area contributed by atoms with E-state index in [1.165, 1.54) is 6.92 Å². The Morgan fingerprint density at radius 3 is 2.26 bits per heavy atom. The minimum atomic E-state index is -0.182. The Balaban J connectivity index is 1.86. The first-order valence-corrected chi connectivity index (χ1v) is 8.66. The monoisotopic (exact) mass is 347 g/mol. The summed E-state index contributed by atoms with van der Waals surface area (Å²) in [4.78, 5) is 23.4. The molecule has 3 nitrogen and oxygen atoms in total. The van der Waals surface area contributed by atoms with Crippen LogP contribution in [0.2, 0.25) is 5.02 Å². The van der Waals surface area contributed by atoms with Crippen molar-refractivity contribution in [1.29, 1.82) is 0 Å². The van der Waals surface area contributed by atoms with Crippen molar-refractivity contribution in [2.75, 3.05) is 5.32 Å². The number of anilines is 1. The van der Waals surface area contributed by atoms with Gasteiger partial charge in [-0.25, -0.2) is 0 Å². The minimum Gasteiger partial charge on any atom is -0.325 e. The number of hydrogen-bond donors (Lipinski definition) is 1. The predicted molar refractivity (Wildman–Crippen MR) is 97.3 cm³/mol. The lowest BCUT2D eigenvalue weighted by atomic mass is 10.1. The molecular weight excluding hydrogens is 330 g/mol. The van der Waals surface area contributed by atoms with Gasteiger partial charge in [-0.3, -0.25) is 9.59 Å². The summed E-state index contributed by atoms with van der Waals surface area (Å²) in [6.45, 7) is 3.39. The van der Waals surface area contributed by atoms with E-state index < -0.39 is 0 Å². The Kier molecular flexibility index (Phi) is 6.25. The quantitative estimate of drug-likeness (QED) is 0.763. The van der Waals surface area contributed by atoms with E-state index >= 15 is 0 Å². The van der Waals surface area contributed by atoms with Crippen LogP contribution >= 0.6 is 23.4 Å². The molecule has 5 heteroatoms. The summed E-state index contributed by atoms with van der Waals surface area (Å²) in [6.07, 6.45) is 0. The van der Waals surface area contributed by atoms with E-state index in [0.29, 0.717) is 16.3 Å². The van der Waals surface area contributed by atoms with E-state index in [0.717, 1.165) is 11.3 Å². The van der Waals surface area contributed by atoms with Crippen LogP contribution < -0.4 is 5.32 Å². The molecule has 0 aliphatic rings. The average molecular weight is 348 g/mol. The van der Waals surface area contributed by atoms with Crippen LogP contribution in [0.1, 0.15) is 29.8 Å². The van der Waals surface area contributed by atoms with Crippen LogP contribution in [0.4, 0.5) is 5.69 Å². The van der Waals surface area contributed by atoms with Crippen molar-refractivity contribution in [2.45, 2.75) is 24.9 Å². The normalized spacial score (nSPS) is 11.8. The maximum absolute atomic E-state index is 12.2. The van der Waals surface area contributed by atoms with Crippen LogP contribution in [0.5, 0.6) is 0 Å². The van der Waals surface area contributed by atoms with Crippen molar-refractivity contribution >= 4 is 40.7 Å². The number of hydrogen-bond acceptors (Lipinski definition) is 3. The highest BCUT2D eigenvalue weighted by Gasteiger charge is 2.13. The number of ketones is 1. The van der Waals surface area contributed by atoms with Crippen molar-refractivity contribution in [3.63, 3.8) is 0 Å². The Hall–Kier alpha value is -1.78. The SMILES string of the molecule is CC(=O)c1ccc(NC(=O)[C@@H](C)SCc2ccc(Cl)cc2)cc1. The van der Waals surface area contributed by atoms with Gasteiger partial charge in [-0.05, 0) is 55.8 Å². The summed E-state index contributed by atoms with van der Waals surface area (Å²) in [6, 6.07) is 14.5. The van der Waals surface area contributed by atoms with Gasteiger partial charge in [0.2, 0.25) is 5.91 Å². The number of Topliss-reactive ketones (excluding diaryl/α,β-unsaturated/α-hetero) is 1. The lowest BCUT2D eigenvalue weighted by molar-refractivity contribution is -0.115. The molecule has 120 valence electrons. The molecule has 2 rings (SSSR count). The molecule has 0 fully saturated rings. The molecule has 0 heterocycles. The van der Waals surface area contributed by atoms with Gasteiger partial charge in [-0.15, -0.1) is 11.8 Å². The van der Waals surface area contributed by atoms with E-state index in [2.05, 4.69) is 5.32 Å². The lowest BCUT2D eigenvalue weighted by Gasteiger charge is -2.12. The number of rotatable bonds is 6. The van der Waals surface area contributed by atoms with E-state index in [9.17, 15) is 9.59 Å². The first-order chi connectivity index (χ1) is 11.0. The number of nitrogens with one attached hydrogen (secondary N) is 1. The molecule has 0 unspecified atom stereocenters. The molecule has 2 aromatic carbocycles. The summed E-state index contributed by atoms with van der Waals surface area (Å²) >= 11 is 7.42. The zero-order valence-electron chi connectivity index (χ0n) is 13.0. The number of benzene rings is 2. The number of carbonyl (C=O) groups excluding carboxylic acids is 2. The Morgan fingerprint density at radius 2 is 1.70 bits per heavy atom. The van der Waals surface area contributed by atoms with Gasteiger partial charge in [0, 0.05) is 22.0 Å². The molecule has 0 aliphatic carbocycles. The largest absolute Gasteiger partial charge is 0.325 e. The highest BCUT2D eigenvalue weighted by Crippen LogP contribution is 2.21. The fraction of sp³-hybridized carbons (Fsp3) is 0.222. The summed E-state index contributed by atoms with van der Waals surface area (Å²) in [5.41, 5.74) is 2.46. The number of amides is 1. The van der Waals surface area contributed by atoms with Gasteiger partial charge in [0.1, 0.15) is 0 Å². The highest BCUT2D eigenvalue weighted by atomic mass is 35.5. The second kappa shape index (κ2) is 8.18. The molecule has 1 N–H and O–H groups in total. The second-order valence-corrected chi connectivity index (χ2v) is 6.97. The molecule has 1 amide bonds. The van der Waals surface area contributed by atoms with Crippen LogP contribution in [0.15, 0.2) is 48.5 Å². The Labute approximate surface area is 145 Å². The first kappa shape index (κ1) is 17.6. The molecular formula is C18H18ClNO2S. The van der Waals surface area contributed by atoms with Crippen LogP contribution in [0.25, 0.3) is 0 Å². The van der Waals surface area contributed by atoms with Gasteiger partial charge in [0.05, 0.1) is 5.25 Å². The molecule has 2 aromatic rings. The van der Waals surface area contributed by atoms with Gasteiger partial charge in [0.15, 0.2) is 5.78 Å². The number of halogens is 1. The third kappa shape index (κ3) is 5.41. The molecule has 0 aliphatic heterocycles. The topological polar surface area (TPSA) is 46.2 Å².